The summed E-state index contributed by atoms with van der Waals surface area (Å²) in [7, 11) is -2.89. The van der Waals surface area contributed by atoms with Crippen LogP contribution < -0.4 is 20.7 Å². The molecule has 0 aliphatic carbocycles. The fourth-order valence-corrected chi connectivity index (χ4v) is 12.2. The zero-order chi connectivity index (χ0) is 32.5. The third-order valence-electron chi connectivity index (χ3n) is 9.44. The van der Waals surface area contributed by atoms with Gasteiger partial charge in [-0.15, -0.1) is 0 Å². The second-order valence-corrected chi connectivity index (χ2v) is 15.7. The summed E-state index contributed by atoms with van der Waals surface area (Å²) < 4.78 is 2.18. The van der Waals surface area contributed by atoms with Crippen LogP contribution in [0.5, 0.6) is 0 Å². The molecule has 0 unspecified atom stereocenters. The van der Waals surface area contributed by atoms with Gasteiger partial charge < -0.3 is 4.57 Å². The summed E-state index contributed by atoms with van der Waals surface area (Å²) in [5.41, 5.74) is 6.02. The van der Waals surface area contributed by atoms with Crippen LogP contribution in [-0.2, 0) is 0 Å². The van der Waals surface area contributed by atoms with Crippen LogP contribution in [0.2, 0.25) is 0 Å². The molecule has 0 N–H and O–H groups in total. The highest BCUT2D eigenvalue weighted by molar-refractivity contribution is 7.20. The standard InChI is InChI=1S/C44H29N3Si/c45-30-34-25-24-33(29-43(34)47-41-22-12-10-20-39(41)40-21-11-13-23-42(40)47)32-26-27-44(35(28-32)31-46)48(36-14-4-1-5-15-36,37-16-6-2-7-17-37)38-18-8-3-9-19-38/h1-29H/q-1. The summed E-state index contributed by atoms with van der Waals surface area (Å²) in [4.78, 5) is 0. The Labute approximate surface area is 280 Å². The molecule has 0 aliphatic heterocycles. The SMILES string of the molecule is N#Cc1ccc(-c2ccc([Si-](c3ccccc3)(c3ccccc3)c3ccccc3)c(C#N)c2)cc1-n1c2ccccc2c2ccccc21. The molecule has 0 fully saturated rings. The molecule has 0 aliphatic rings. The van der Waals surface area contributed by atoms with E-state index in [1.807, 2.05) is 48.5 Å². The molecular weight excluding hydrogens is 599 g/mol. The lowest BCUT2D eigenvalue weighted by Crippen LogP contribution is -2.75. The maximum atomic E-state index is 10.8. The van der Waals surface area contributed by atoms with Crippen molar-refractivity contribution in [3.63, 3.8) is 0 Å². The lowest BCUT2D eigenvalue weighted by atomic mass is 10.0. The molecule has 0 atom stereocenters. The fourth-order valence-electron chi connectivity index (χ4n) is 7.35. The monoisotopic (exact) mass is 627 g/mol. The van der Waals surface area contributed by atoms with Crippen LogP contribution in [0.15, 0.2) is 176 Å². The molecule has 3 nitrogen and oxygen atoms in total. The van der Waals surface area contributed by atoms with Gasteiger partial charge in [-0.2, -0.15) is 31.3 Å². The molecule has 0 radical (unpaired) electrons. The Morgan fingerprint density at radius 3 is 1.35 bits per heavy atom. The van der Waals surface area contributed by atoms with E-state index in [1.165, 1.54) is 15.6 Å². The summed E-state index contributed by atoms with van der Waals surface area (Å²) >= 11 is 0. The first kappa shape index (κ1) is 29.0. The maximum Gasteiger partial charge on any atom is 0.101 e. The lowest BCUT2D eigenvalue weighted by molar-refractivity contribution is 1.17. The third-order valence-corrected chi connectivity index (χ3v) is 14.3. The van der Waals surface area contributed by atoms with Crippen molar-refractivity contribution in [2.24, 2.45) is 0 Å². The summed E-state index contributed by atoms with van der Waals surface area (Å²) in [5.74, 6) is 0. The van der Waals surface area contributed by atoms with Gasteiger partial charge in [-0.25, -0.2) is 0 Å². The number of fused-ring (bicyclic) bond motifs is 3. The molecule has 0 spiro atoms. The van der Waals surface area contributed by atoms with E-state index in [4.69, 9.17) is 0 Å². The Bertz CT molecular complexity index is 2370. The van der Waals surface area contributed by atoms with Crippen LogP contribution in [0, 0.1) is 22.7 Å². The van der Waals surface area contributed by atoms with Gasteiger partial charge in [0.1, 0.15) is 6.07 Å². The van der Waals surface area contributed by atoms with Crippen LogP contribution in [0.25, 0.3) is 38.6 Å². The molecule has 48 heavy (non-hydrogen) atoms. The number of nitrogens with zero attached hydrogens (tertiary/aromatic N) is 3. The normalized spacial score (nSPS) is 11.3. The van der Waals surface area contributed by atoms with Crippen molar-refractivity contribution in [1.82, 2.24) is 4.57 Å². The van der Waals surface area contributed by atoms with E-state index < -0.39 is 8.07 Å². The van der Waals surface area contributed by atoms with E-state index in [0.717, 1.165) is 43.8 Å². The quantitative estimate of drug-likeness (QED) is 0.141. The van der Waals surface area contributed by atoms with Gasteiger partial charge >= 0.3 is 0 Å². The smallest absolute Gasteiger partial charge is 0.101 e. The van der Waals surface area contributed by atoms with Crippen LogP contribution in [0.4, 0.5) is 0 Å². The van der Waals surface area contributed by atoms with Crippen LogP contribution in [0.3, 0.4) is 0 Å². The van der Waals surface area contributed by atoms with Crippen molar-refractivity contribution in [1.29, 1.82) is 10.5 Å². The van der Waals surface area contributed by atoms with Gasteiger partial charge in [-0.1, -0.05) is 146 Å². The van der Waals surface area contributed by atoms with E-state index in [1.54, 1.807) is 0 Å². The van der Waals surface area contributed by atoms with Crippen molar-refractivity contribution in [3.8, 4) is 29.0 Å². The Morgan fingerprint density at radius 1 is 0.417 bits per heavy atom. The Kier molecular flexibility index (Phi) is 7.27. The largest absolute Gasteiger partial charge is 0.308 e. The number of rotatable bonds is 6. The molecule has 225 valence electrons. The molecular formula is C44H29N3Si-. The van der Waals surface area contributed by atoms with Gasteiger partial charge in [0, 0.05) is 16.3 Å². The zero-order valence-corrected chi connectivity index (χ0v) is 27.1. The highest BCUT2D eigenvalue weighted by Crippen LogP contribution is 2.34. The van der Waals surface area contributed by atoms with Gasteiger partial charge in [0.15, 0.2) is 0 Å². The van der Waals surface area contributed by atoms with Gasteiger partial charge in [0.25, 0.3) is 0 Å². The predicted octanol–water partition coefficient (Wildman–Crippen LogP) is 7.57. The van der Waals surface area contributed by atoms with E-state index in [0.29, 0.717) is 11.1 Å². The number of hydrogen-bond donors (Lipinski definition) is 0. The molecule has 0 amide bonds. The fraction of sp³-hybridized carbons (Fsp3) is 0. The van der Waals surface area contributed by atoms with Gasteiger partial charge in [-0.3, -0.25) is 0 Å². The number of nitriles is 2. The lowest BCUT2D eigenvalue weighted by Gasteiger charge is -2.47. The Balaban J connectivity index is 1.36. The minimum absolute atomic E-state index is 0.589. The summed E-state index contributed by atoms with van der Waals surface area (Å²) in [6, 6.07) is 66.0. The van der Waals surface area contributed by atoms with Crippen LogP contribution in [0.1, 0.15) is 11.1 Å². The maximum absolute atomic E-state index is 10.8. The third kappa shape index (κ3) is 4.55. The van der Waals surface area contributed by atoms with Crippen molar-refractivity contribution in [2.45, 2.75) is 0 Å². The van der Waals surface area contributed by atoms with Gasteiger partial charge in [0.05, 0.1) is 28.4 Å². The van der Waals surface area contributed by atoms with Crippen LogP contribution >= 0.6 is 0 Å². The molecule has 1 heterocycles. The van der Waals surface area contributed by atoms with Gasteiger partial charge in [-0.05, 0) is 49.5 Å². The Hall–Kier alpha value is -6.46. The average molecular weight is 628 g/mol. The van der Waals surface area contributed by atoms with Gasteiger partial charge in [0.2, 0.25) is 0 Å². The summed E-state index contributed by atoms with van der Waals surface area (Å²) in [5, 5.41) is 28.1. The molecule has 8 rings (SSSR count). The second kappa shape index (κ2) is 12.0. The highest BCUT2D eigenvalue weighted by atomic mass is 28.3. The molecule has 0 saturated heterocycles. The Morgan fingerprint density at radius 2 is 0.854 bits per heavy atom. The first-order valence-electron chi connectivity index (χ1n) is 16.0. The average Bonchev–Trinajstić information content (AvgIpc) is 3.50. The number of para-hydroxylation sites is 2. The van der Waals surface area contributed by atoms with Crippen molar-refractivity contribution in [2.75, 3.05) is 0 Å². The van der Waals surface area contributed by atoms with E-state index in [-0.39, 0.29) is 0 Å². The minimum Gasteiger partial charge on any atom is -0.308 e. The topological polar surface area (TPSA) is 52.5 Å². The molecule has 0 saturated carbocycles. The molecule has 0 bridgehead atoms. The van der Waals surface area contributed by atoms with Crippen molar-refractivity contribution >= 4 is 50.6 Å². The van der Waals surface area contributed by atoms with E-state index >= 15 is 0 Å². The first-order chi connectivity index (χ1) is 23.7. The second-order valence-electron chi connectivity index (χ2n) is 11.9. The molecule has 7 aromatic carbocycles. The number of aromatic nitrogens is 1. The van der Waals surface area contributed by atoms with Crippen molar-refractivity contribution < 1.29 is 0 Å². The summed E-state index contributed by atoms with van der Waals surface area (Å²) in [6.07, 6.45) is 0. The van der Waals surface area contributed by atoms with Crippen LogP contribution in [-0.4, -0.2) is 12.6 Å². The summed E-state index contributed by atoms with van der Waals surface area (Å²) in [6.45, 7) is 0. The number of hydrogen-bond acceptors (Lipinski definition) is 2. The molecule has 8 aromatic rings. The first-order valence-corrected chi connectivity index (χ1v) is 18.0. The highest BCUT2D eigenvalue weighted by Gasteiger charge is 2.30. The van der Waals surface area contributed by atoms with E-state index in [9.17, 15) is 10.5 Å². The molecule has 1 aromatic heterocycles. The predicted molar refractivity (Wildman–Crippen MR) is 199 cm³/mol. The molecule has 4 heteroatoms. The van der Waals surface area contributed by atoms with Crippen molar-refractivity contribution in [3.05, 3.63) is 187 Å². The minimum atomic E-state index is -2.89. The number of benzene rings is 7. The van der Waals surface area contributed by atoms with E-state index in [2.05, 4.69) is 144 Å². The zero-order valence-electron chi connectivity index (χ0n) is 26.1.